The van der Waals surface area contributed by atoms with Crippen LogP contribution in [0.1, 0.15) is 28.3 Å². The van der Waals surface area contributed by atoms with E-state index in [1.807, 2.05) is 30.3 Å². The van der Waals surface area contributed by atoms with Gasteiger partial charge in [0.25, 0.3) is 0 Å². The van der Waals surface area contributed by atoms with Gasteiger partial charge in [-0.3, -0.25) is 0 Å². The molecule has 3 aromatic carbocycles. The average Bonchev–Trinajstić information content (AvgIpc) is 2.61. The topological polar surface area (TPSA) is 24.1 Å². The molecule has 0 spiro atoms. The van der Waals surface area contributed by atoms with Crippen LogP contribution in [0.4, 0.5) is 5.69 Å². The summed E-state index contributed by atoms with van der Waals surface area (Å²) >= 11 is 9.08. The second-order valence-electron chi connectivity index (χ2n) is 6.31. The highest BCUT2D eigenvalue weighted by molar-refractivity contribution is 9.10. The number of benzene rings is 3. The van der Waals surface area contributed by atoms with E-state index in [4.69, 9.17) is 12.2 Å². The summed E-state index contributed by atoms with van der Waals surface area (Å²) in [7, 11) is 0. The van der Waals surface area contributed by atoms with Crippen molar-refractivity contribution in [2.24, 2.45) is 0 Å². The van der Waals surface area contributed by atoms with Crippen molar-refractivity contribution in [2.75, 3.05) is 5.32 Å². The van der Waals surface area contributed by atoms with E-state index in [9.17, 15) is 0 Å². The predicted octanol–water partition coefficient (Wildman–Crippen LogP) is 6.14. The van der Waals surface area contributed by atoms with E-state index in [0.29, 0.717) is 5.11 Å². The highest BCUT2D eigenvalue weighted by atomic mass is 79.9. The van der Waals surface area contributed by atoms with E-state index >= 15 is 0 Å². The van der Waals surface area contributed by atoms with Crippen molar-refractivity contribution >= 4 is 38.9 Å². The Labute approximate surface area is 168 Å². The molecule has 3 rings (SSSR count). The van der Waals surface area contributed by atoms with E-state index in [1.165, 1.54) is 22.3 Å². The fraction of sp³-hybridized carbons (Fsp3) is 0.136. The summed E-state index contributed by atoms with van der Waals surface area (Å²) in [5.74, 6) is 0. The van der Waals surface area contributed by atoms with Gasteiger partial charge in [-0.05, 0) is 61.0 Å². The molecule has 0 heterocycles. The maximum absolute atomic E-state index is 5.59. The minimum Gasteiger partial charge on any atom is -0.352 e. The monoisotopic (exact) mass is 424 g/mol. The largest absolute Gasteiger partial charge is 0.352 e. The molecule has 0 aliphatic rings. The van der Waals surface area contributed by atoms with Crippen LogP contribution >= 0.6 is 28.1 Å². The van der Waals surface area contributed by atoms with Gasteiger partial charge < -0.3 is 10.6 Å². The Bertz CT molecular complexity index is 909. The molecule has 4 heteroatoms. The fourth-order valence-corrected chi connectivity index (χ4v) is 3.64. The first-order valence-corrected chi connectivity index (χ1v) is 9.68. The molecule has 1 atom stereocenters. The second kappa shape index (κ2) is 8.47. The van der Waals surface area contributed by atoms with Gasteiger partial charge in [0, 0.05) is 10.2 Å². The van der Waals surface area contributed by atoms with Gasteiger partial charge in [0.15, 0.2) is 5.11 Å². The highest BCUT2D eigenvalue weighted by Gasteiger charge is 2.17. The Morgan fingerprint density at radius 2 is 1.69 bits per heavy atom. The summed E-state index contributed by atoms with van der Waals surface area (Å²) in [5.41, 5.74) is 5.85. The van der Waals surface area contributed by atoms with Gasteiger partial charge in [-0.1, -0.05) is 76.1 Å². The van der Waals surface area contributed by atoms with E-state index in [2.05, 4.69) is 82.9 Å². The SMILES string of the molecule is Cc1ccc([C@H](NC(=S)Nc2cccc(Br)c2)c2ccccc2)c(C)c1. The van der Waals surface area contributed by atoms with Crippen molar-refractivity contribution in [3.8, 4) is 0 Å². The zero-order chi connectivity index (χ0) is 18.5. The third kappa shape index (κ3) is 4.71. The Kier molecular flexibility index (Phi) is 6.07. The Hall–Kier alpha value is -2.17. The summed E-state index contributed by atoms with van der Waals surface area (Å²) in [5, 5.41) is 7.35. The lowest BCUT2D eigenvalue weighted by molar-refractivity contribution is 0.762. The van der Waals surface area contributed by atoms with Crippen molar-refractivity contribution in [1.29, 1.82) is 0 Å². The molecular formula is C22H21BrN2S. The first-order chi connectivity index (χ1) is 12.5. The average molecular weight is 425 g/mol. The zero-order valence-corrected chi connectivity index (χ0v) is 17.2. The quantitative estimate of drug-likeness (QED) is 0.491. The molecule has 3 aromatic rings. The Morgan fingerprint density at radius 3 is 2.38 bits per heavy atom. The third-order valence-electron chi connectivity index (χ3n) is 4.23. The molecule has 0 saturated carbocycles. The molecule has 0 aromatic heterocycles. The van der Waals surface area contributed by atoms with Crippen LogP contribution in [0, 0.1) is 13.8 Å². The Morgan fingerprint density at radius 1 is 0.923 bits per heavy atom. The predicted molar refractivity (Wildman–Crippen MR) is 118 cm³/mol. The Balaban J connectivity index is 1.87. The lowest BCUT2D eigenvalue weighted by atomic mass is 9.94. The minimum atomic E-state index is -0.0102. The smallest absolute Gasteiger partial charge is 0.171 e. The number of hydrogen-bond donors (Lipinski definition) is 2. The number of nitrogens with one attached hydrogen (secondary N) is 2. The second-order valence-corrected chi connectivity index (χ2v) is 7.64. The molecule has 0 bridgehead atoms. The molecular weight excluding hydrogens is 404 g/mol. The number of thiocarbonyl (C=S) groups is 1. The normalized spacial score (nSPS) is 11.7. The summed E-state index contributed by atoms with van der Waals surface area (Å²) in [6.07, 6.45) is 0. The highest BCUT2D eigenvalue weighted by Crippen LogP contribution is 2.26. The molecule has 132 valence electrons. The summed E-state index contributed by atoms with van der Waals surface area (Å²) in [6, 6.07) is 24.9. The number of rotatable bonds is 4. The molecule has 0 amide bonds. The number of aryl methyl sites for hydroxylation is 2. The lowest BCUT2D eigenvalue weighted by Crippen LogP contribution is -2.33. The van der Waals surface area contributed by atoms with Crippen molar-refractivity contribution in [1.82, 2.24) is 5.32 Å². The minimum absolute atomic E-state index is 0.0102. The molecule has 0 aliphatic carbocycles. The van der Waals surface area contributed by atoms with Crippen molar-refractivity contribution < 1.29 is 0 Å². The molecule has 0 unspecified atom stereocenters. The number of hydrogen-bond acceptors (Lipinski definition) is 1. The van der Waals surface area contributed by atoms with E-state index in [1.54, 1.807) is 0 Å². The van der Waals surface area contributed by atoms with Crippen LogP contribution in [-0.4, -0.2) is 5.11 Å². The van der Waals surface area contributed by atoms with Crippen LogP contribution in [0.3, 0.4) is 0 Å². The van der Waals surface area contributed by atoms with Crippen LogP contribution in [0.25, 0.3) is 0 Å². The van der Waals surface area contributed by atoms with Gasteiger partial charge in [0.2, 0.25) is 0 Å². The van der Waals surface area contributed by atoms with Gasteiger partial charge in [-0.2, -0.15) is 0 Å². The summed E-state index contributed by atoms with van der Waals surface area (Å²) in [4.78, 5) is 0. The van der Waals surface area contributed by atoms with Crippen molar-refractivity contribution in [3.63, 3.8) is 0 Å². The van der Waals surface area contributed by atoms with Gasteiger partial charge in [0.1, 0.15) is 0 Å². The molecule has 26 heavy (non-hydrogen) atoms. The molecule has 0 fully saturated rings. The molecule has 2 nitrogen and oxygen atoms in total. The first-order valence-electron chi connectivity index (χ1n) is 8.48. The standard InChI is InChI=1S/C22H21BrN2S/c1-15-11-12-20(16(2)13-15)21(17-7-4-3-5-8-17)25-22(26)24-19-10-6-9-18(23)14-19/h3-14,21H,1-2H3,(H2,24,25,26)/t21-/m1/s1. The molecule has 0 saturated heterocycles. The van der Waals surface area contributed by atoms with Gasteiger partial charge >= 0.3 is 0 Å². The fourth-order valence-electron chi connectivity index (χ4n) is 3.00. The van der Waals surface area contributed by atoms with Crippen LogP contribution in [0.5, 0.6) is 0 Å². The molecule has 0 radical (unpaired) electrons. The van der Waals surface area contributed by atoms with Crippen LogP contribution in [0.15, 0.2) is 77.3 Å². The van der Waals surface area contributed by atoms with Gasteiger partial charge in [0.05, 0.1) is 6.04 Å². The molecule has 2 N–H and O–H groups in total. The van der Waals surface area contributed by atoms with Crippen LogP contribution in [0.2, 0.25) is 0 Å². The van der Waals surface area contributed by atoms with Gasteiger partial charge in [-0.25, -0.2) is 0 Å². The van der Waals surface area contributed by atoms with Gasteiger partial charge in [-0.15, -0.1) is 0 Å². The van der Waals surface area contributed by atoms with E-state index in [-0.39, 0.29) is 6.04 Å². The third-order valence-corrected chi connectivity index (χ3v) is 4.94. The first kappa shape index (κ1) is 18.6. The van der Waals surface area contributed by atoms with Crippen LogP contribution in [-0.2, 0) is 0 Å². The van der Waals surface area contributed by atoms with E-state index < -0.39 is 0 Å². The molecule has 0 aliphatic heterocycles. The van der Waals surface area contributed by atoms with Crippen molar-refractivity contribution in [2.45, 2.75) is 19.9 Å². The maximum atomic E-state index is 5.59. The summed E-state index contributed by atoms with van der Waals surface area (Å²) in [6.45, 7) is 4.26. The number of halogens is 1. The van der Waals surface area contributed by atoms with Crippen LogP contribution < -0.4 is 10.6 Å². The summed E-state index contributed by atoms with van der Waals surface area (Å²) < 4.78 is 1.01. The lowest BCUT2D eigenvalue weighted by Gasteiger charge is -2.24. The maximum Gasteiger partial charge on any atom is 0.171 e. The van der Waals surface area contributed by atoms with Crippen molar-refractivity contribution in [3.05, 3.63) is 99.5 Å². The number of anilines is 1. The van der Waals surface area contributed by atoms with E-state index in [0.717, 1.165) is 10.2 Å². The zero-order valence-electron chi connectivity index (χ0n) is 14.8.